The minimum Gasteiger partial charge on any atom is -0.494 e. The second-order valence-corrected chi connectivity index (χ2v) is 10.9. The molecule has 0 atom stereocenters. The molecule has 4 aromatic rings. The lowest BCUT2D eigenvalue weighted by atomic mass is 10.00. The number of ether oxygens (including phenoxy) is 2. The topological polar surface area (TPSA) is 105 Å². The highest BCUT2D eigenvalue weighted by Gasteiger charge is 2.09. The summed E-state index contributed by atoms with van der Waals surface area (Å²) in [6.45, 7) is 3.19. The number of anilines is 2. The van der Waals surface area contributed by atoms with E-state index in [2.05, 4.69) is 31.2 Å². The molecule has 6 nitrogen and oxygen atoms in total. The van der Waals surface area contributed by atoms with E-state index in [0.29, 0.717) is 35.7 Å². The predicted octanol–water partition coefficient (Wildman–Crippen LogP) is 8.55. The van der Waals surface area contributed by atoms with E-state index in [1.54, 1.807) is 24.3 Å². The van der Waals surface area contributed by atoms with Crippen LogP contribution in [-0.2, 0) is 11.2 Å². The van der Waals surface area contributed by atoms with Gasteiger partial charge in [-0.2, -0.15) is 0 Å². The lowest BCUT2D eigenvalue weighted by molar-refractivity contribution is 0.0497. The molecule has 0 unspecified atom stereocenters. The number of ketones is 1. The molecule has 4 aromatic carbocycles. The number of esters is 1. The van der Waals surface area contributed by atoms with E-state index in [0.717, 1.165) is 67.4 Å². The van der Waals surface area contributed by atoms with E-state index in [-0.39, 0.29) is 5.78 Å². The van der Waals surface area contributed by atoms with Gasteiger partial charge in [-0.25, -0.2) is 4.79 Å². The Balaban J connectivity index is 1.10. The van der Waals surface area contributed by atoms with Crippen LogP contribution in [0.15, 0.2) is 97.1 Å². The van der Waals surface area contributed by atoms with Crippen molar-refractivity contribution in [2.75, 3.05) is 24.7 Å². The van der Waals surface area contributed by atoms with Gasteiger partial charge in [-0.1, -0.05) is 99.3 Å². The highest BCUT2D eigenvalue weighted by atomic mass is 16.5. The molecule has 0 radical (unpaired) electrons. The molecule has 4 rings (SSSR count). The number of hydrogen-bond acceptors (Lipinski definition) is 6. The molecule has 0 amide bonds. The predicted molar refractivity (Wildman–Crippen MR) is 180 cm³/mol. The molecule has 0 aliphatic rings. The summed E-state index contributed by atoms with van der Waals surface area (Å²) in [7, 11) is 0. The Labute approximate surface area is 260 Å². The lowest BCUT2D eigenvalue weighted by Gasteiger charge is -2.08. The van der Waals surface area contributed by atoms with Gasteiger partial charge in [0.1, 0.15) is 5.75 Å². The van der Waals surface area contributed by atoms with Crippen molar-refractivity contribution in [2.45, 2.75) is 51.9 Å². The maximum Gasteiger partial charge on any atom is 0.338 e. The largest absolute Gasteiger partial charge is 0.494 e. The monoisotopic (exact) mass is 590 g/mol. The Morgan fingerprint density at radius 2 is 1.27 bits per heavy atom. The quantitative estimate of drug-likeness (QED) is 0.0445. The van der Waals surface area contributed by atoms with Gasteiger partial charge in [0.25, 0.3) is 0 Å². The first-order chi connectivity index (χ1) is 21.4. The lowest BCUT2D eigenvalue weighted by Crippen LogP contribution is -2.08. The smallest absolute Gasteiger partial charge is 0.338 e. The number of nitrogen functional groups attached to an aromatic ring is 2. The molecule has 6 heteroatoms. The number of aryl methyl sites for hydroxylation is 1. The molecule has 0 fully saturated rings. The third kappa shape index (κ3) is 10.2. The van der Waals surface area contributed by atoms with Crippen LogP contribution in [0, 0.1) is 0 Å². The zero-order valence-electron chi connectivity index (χ0n) is 25.5. The number of nitrogens with two attached hydrogens (primary N) is 2. The van der Waals surface area contributed by atoms with Crippen molar-refractivity contribution < 1.29 is 19.1 Å². The van der Waals surface area contributed by atoms with E-state index in [1.807, 2.05) is 54.6 Å². The van der Waals surface area contributed by atoms with Crippen molar-refractivity contribution >= 4 is 29.2 Å². The second-order valence-electron chi connectivity index (χ2n) is 10.9. The van der Waals surface area contributed by atoms with Gasteiger partial charge in [-0.3, -0.25) is 4.79 Å². The average Bonchev–Trinajstić information content (AvgIpc) is 3.03. The molecule has 0 spiro atoms. The average molecular weight is 591 g/mol. The number of hydrogen-bond donors (Lipinski definition) is 2. The first-order valence-corrected chi connectivity index (χ1v) is 15.4. The van der Waals surface area contributed by atoms with Gasteiger partial charge in [-0.15, -0.1) is 0 Å². The molecule has 4 N–H and O–H groups in total. The molecule has 0 aliphatic carbocycles. The number of unbranched alkanes of at least 4 members (excludes halogenated alkanes) is 4. The van der Waals surface area contributed by atoms with Gasteiger partial charge in [0, 0.05) is 16.9 Å². The Hall–Kier alpha value is -4.84. The molecule has 0 bridgehead atoms. The van der Waals surface area contributed by atoms with Crippen molar-refractivity contribution in [3.05, 3.63) is 119 Å². The van der Waals surface area contributed by atoms with E-state index >= 15 is 0 Å². The molecule has 0 saturated heterocycles. The fourth-order valence-corrected chi connectivity index (χ4v) is 4.89. The molecule has 228 valence electrons. The minimum atomic E-state index is -0.403. The maximum atomic E-state index is 12.7. The molecule has 0 saturated carbocycles. The second kappa shape index (κ2) is 16.7. The van der Waals surface area contributed by atoms with E-state index in [1.165, 1.54) is 5.56 Å². The van der Waals surface area contributed by atoms with Crippen molar-refractivity contribution in [2.24, 2.45) is 0 Å². The molecule has 0 aliphatic heterocycles. The highest BCUT2D eigenvalue weighted by Crippen LogP contribution is 2.22. The SMILES string of the molecule is CCCc1ccc(-c2ccc(C(=O)C=Cc3ccc(OCCCCCCCOC(=O)c4cc(N)cc(N)c4)cc3)cc2)cc1. The zero-order chi connectivity index (χ0) is 31.1. The summed E-state index contributed by atoms with van der Waals surface area (Å²) in [5, 5.41) is 0. The number of carbonyl (C=O) groups excluding carboxylic acids is 2. The number of carbonyl (C=O) groups is 2. The van der Waals surface area contributed by atoms with E-state index in [4.69, 9.17) is 20.9 Å². The van der Waals surface area contributed by atoms with Crippen molar-refractivity contribution in [1.29, 1.82) is 0 Å². The van der Waals surface area contributed by atoms with Crippen LogP contribution in [0.2, 0.25) is 0 Å². The fourth-order valence-electron chi connectivity index (χ4n) is 4.89. The van der Waals surface area contributed by atoms with Crippen LogP contribution >= 0.6 is 0 Å². The first-order valence-electron chi connectivity index (χ1n) is 15.4. The summed E-state index contributed by atoms with van der Waals surface area (Å²) in [6, 6.07) is 28.9. The van der Waals surface area contributed by atoms with Gasteiger partial charge >= 0.3 is 5.97 Å². The van der Waals surface area contributed by atoms with Crippen molar-refractivity contribution in [3.63, 3.8) is 0 Å². The maximum absolute atomic E-state index is 12.7. The van der Waals surface area contributed by atoms with E-state index < -0.39 is 5.97 Å². The first kappa shape index (κ1) is 32.1. The van der Waals surface area contributed by atoms with Gasteiger partial charge in [0.15, 0.2) is 5.78 Å². The van der Waals surface area contributed by atoms with Crippen LogP contribution < -0.4 is 16.2 Å². The summed E-state index contributed by atoms with van der Waals surface area (Å²) < 4.78 is 11.2. The van der Waals surface area contributed by atoms with Gasteiger partial charge in [-0.05, 0) is 77.9 Å². The van der Waals surface area contributed by atoms with Crippen LogP contribution in [0.4, 0.5) is 11.4 Å². The standard InChI is InChI=1S/C38H42N2O4/c1-2-8-28-9-14-30(15-10-28)31-16-18-32(19-17-31)37(41)22-13-29-11-20-36(21-12-29)43-23-6-4-3-5-7-24-44-38(42)33-25-34(39)27-35(40)26-33/h9-22,25-27H,2-8,23-24,39-40H2,1H3. The van der Waals surface area contributed by atoms with Crippen molar-refractivity contribution in [3.8, 4) is 16.9 Å². The molecular formula is C38H42N2O4. The summed E-state index contributed by atoms with van der Waals surface area (Å²) >= 11 is 0. The van der Waals surface area contributed by atoms with Crippen LogP contribution in [0.25, 0.3) is 17.2 Å². The zero-order valence-corrected chi connectivity index (χ0v) is 25.5. The summed E-state index contributed by atoms with van der Waals surface area (Å²) in [6.07, 6.45) is 10.5. The van der Waals surface area contributed by atoms with Crippen molar-refractivity contribution in [1.82, 2.24) is 0 Å². The summed E-state index contributed by atoms with van der Waals surface area (Å²) in [5.41, 5.74) is 17.9. The third-order valence-corrected chi connectivity index (χ3v) is 7.31. The van der Waals surface area contributed by atoms with Crippen LogP contribution in [0.1, 0.15) is 77.3 Å². The normalized spacial score (nSPS) is 11.0. The summed E-state index contributed by atoms with van der Waals surface area (Å²) in [4.78, 5) is 24.8. The Kier molecular flexibility index (Phi) is 12.2. The minimum absolute atomic E-state index is 0.0279. The molecule has 0 aromatic heterocycles. The molecule has 0 heterocycles. The Morgan fingerprint density at radius 1 is 0.682 bits per heavy atom. The van der Waals surface area contributed by atoms with Crippen LogP contribution in [-0.4, -0.2) is 25.0 Å². The number of allylic oxidation sites excluding steroid dienone is 1. The summed E-state index contributed by atoms with van der Waals surface area (Å²) in [5.74, 6) is 0.376. The Morgan fingerprint density at radius 3 is 1.91 bits per heavy atom. The Bertz CT molecular complexity index is 1500. The molecular weight excluding hydrogens is 548 g/mol. The molecule has 44 heavy (non-hydrogen) atoms. The van der Waals surface area contributed by atoms with Crippen LogP contribution in [0.5, 0.6) is 5.75 Å². The van der Waals surface area contributed by atoms with Gasteiger partial charge < -0.3 is 20.9 Å². The highest BCUT2D eigenvalue weighted by molar-refractivity contribution is 6.07. The fraction of sp³-hybridized carbons (Fsp3) is 0.263. The number of rotatable bonds is 16. The van der Waals surface area contributed by atoms with Gasteiger partial charge in [0.05, 0.1) is 18.8 Å². The third-order valence-electron chi connectivity index (χ3n) is 7.31. The number of benzene rings is 4. The van der Waals surface area contributed by atoms with Gasteiger partial charge in [0.2, 0.25) is 0 Å². The van der Waals surface area contributed by atoms with Crippen LogP contribution in [0.3, 0.4) is 0 Å². The van der Waals surface area contributed by atoms with E-state index in [9.17, 15) is 9.59 Å².